The normalized spacial score (nSPS) is 20.0. The van der Waals surface area contributed by atoms with Crippen molar-refractivity contribution in [3.63, 3.8) is 0 Å². The lowest BCUT2D eigenvalue weighted by Crippen LogP contribution is -2.41. The van der Waals surface area contributed by atoms with Gasteiger partial charge in [-0.3, -0.25) is 4.90 Å². The van der Waals surface area contributed by atoms with Crippen LogP contribution in [-0.4, -0.2) is 60.3 Å². The third-order valence-corrected chi connectivity index (χ3v) is 5.80. The molecule has 1 atom stereocenters. The van der Waals surface area contributed by atoms with Crippen LogP contribution in [0.4, 0.5) is 4.79 Å². The van der Waals surface area contributed by atoms with Crippen LogP contribution in [0.3, 0.4) is 0 Å². The summed E-state index contributed by atoms with van der Waals surface area (Å²) in [6.07, 6.45) is 4.47. The summed E-state index contributed by atoms with van der Waals surface area (Å²) < 4.78 is 12.0. The fourth-order valence-corrected chi connectivity index (χ4v) is 4.36. The molecule has 5 heteroatoms. The Kier molecular flexibility index (Phi) is 7.10. The largest absolute Gasteiger partial charge is 0.489 e. The first kappa shape index (κ1) is 21.9. The van der Waals surface area contributed by atoms with Crippen molar-refractivity contribution >= 4 is 6.09 Å². The molecule has 0 radical (unpaired) electrons. The Labute approximate surface area is 176 Å². The van der Waals surface area contributed by atoms with Crippen LogP contribution in [0.1, 0.15) is 70.4 Å². The van der Waals surface area contributed by atoms with Crippen LogP contribution in [0.5, 0.6) is 5.75 Å². The number of ether oxygens (including phenoxy) is 2. The lowest BCUT2D eigenvalue weighted by atomic mass is 9.88. The van der Waals surface area contributed by atoms with Crippen LogP contribution in [0.2, 0.25) is 0 Å². The van der Waals surface area contributed by atoms with Gasteiger partial charge in [0.1, 0.15) is 17.5 Å². The van der Waals surface area contributed by atoms with Crippen LogP contribution >= 0.6 is 0 Å². The Morgan fingerprint density at radius 1 is 1.14 bits per heavy atom. The van der Waals surface area contributed by atoms with Crippen molar-refractivity contribution in [2.75, 3.05) is 32.7 Å². The van der Waals surface area contributed by atoms with Gasteiger partial charge >= 0.3 is 6.09 Å². The van der Waals surface area contributed by atoms with E-state index in [-0.39, 0.29) is 12.2 Å². The van der Waals surface area contributed by atoms with E-state index in [0.717, 1.165) is 38.2 Å². The van der Waals surface area contributed by atoms with Crippen LogP contribution in [-0.2, 0) is 4.74 Å². The van der Waals surface area contributed by atoms with Crippen molar-refractivity contribution in [3.05, 3.63) is 29.3 Å². The quantitative estimate of drug-likeness (QED) is 0.697. The molecule has 0 spiro atoms. The van der Waals surface area contributed by atoms with E-state index in [2.05, 4.69) is 36.9 Å². The van der Waals surface area contributed by atoms with Crippen LogP contribution in [0, 0.1) is 6.92 Å². The average Bonchev–Trinajstić information content (AvgIpc) is 3.13. The van der Waals surface area contributed by atoms with Gasteiger partial charge in [0.2, 0.25) is 0 Å². The van der Waals surface area contributed by atoms with Crippen LogP contribution < -0.4 is 4.74 Å². The molecule has 1 amide bonds. The molecule has 0 aliphatic carbocycles. The summed E-state index contributed by atoms with van der Waals surface area (Å²) in [5.41, 5.74) is 2.06. The molecule has 1 aromatic rings. The van der Waals surface area contributed by atoms with Gasteiger partial charge in [0.25, 0.3) is 0 Å². The van der Waals surface area contributed by atoms with Crippen molar-refractivity contribution in [2.24, 2.45) is 0 Å². The van der Waals surface area contributed by atoms with Crippen molar-refractivity contribution in [3.8, 4) is 5.75 Å². The molecule has 2 heterocycles. The van der Waals surface area contributed by atoms with Crippen molar-refractivity contribution in [1.82, 2.24) is 9.80 Å². The third kappa shape index (κ3) is 6.36. The lowest BCUT2D eigenvalue weighted by molar-refractivity contribution is 0.0204. The summed E-state index contributed by atoms with van der Waals surface area (Å²) in [7, 11) is 0. The molecule has 0 aromatic heterocycles. The highest BCUT2D eigenvalue weighted by Gasteiger charge is 2.29. The van der Waals surface area contributed by atoms with Crippen molar-refractivity contribution < 1.29 is 14.3 Å². The molecule has 0 bridgehead atoms. The van der Waals surface area contributed by atoms with Gasteiger partial charge in [-0.15, -0.1) is 0 Å². The monoisotopic (exact) mass is 402 g/mol. The minimum atomic E-state index is -0.447. The van der Waals surface area contributed by atoms with Gasteiger partial charge in [-0.05, 0) is 96.5 Å². The second kappa shape index (κ2) is 9.38. The van der Waals surface area contributed by atoms with E-state index < -0.39 is 5.60 Å². The maximum atomic E-state index is 12.4. The fourth-order valence-electron chi connectivity index (χ4n) is 4.36. The standard InChI is InChI=1S/C24H38N2O3/c1-18-8-9-21(22(16-18)28-19(2)17-25-12-6-7-13-25)20-10-14-26(15-11-20)23(27)29-24(3,4)5/h8-9,16,19-20H,6-7,10-15,17H2,1-5H3. The predicted molar refractivity (Wildman–Crippen MR) is 117 cm³/mol. The molecular formula is C24H38N2O3. The summed E-state index contributed by atoms with van der Waals surface area (Å²) in [5, 5.41) is 0. The highest BCUT2D eigenvalue weighted by atomic mass is 16.6. The Bertz CT molecular complexity index is 684. The maximum absolute atomic E-state index is 12.4. The summed E-state index contributed by atoms with van der Waals surface area (Å²) in [4.78, 5) is 16.7. The zero-order valence-electron chi connectivity index (χ0n) is 18.9. The fraction of sp³-hybridized carbons (Fsp3) is 0.708. The van der Waals surface area contributed by atoms with Crippen LogP contribution in [0.15, 0.2) is 18.2 Å². The molecular weight excluding hydrogens is 364 g/mol. The lowest BCUT2D eigenvalue weighted by Gasteiger charge is -2.34. The molecule has 1 aromatic carbocycles. The molecule has 162 valence electrons. The zero-order chi connectivity index (χ0) is 21.0. The maximum Gasteiger partial charge on any atom is 0.410 e. The SMILES string of the molecule is Cc1ccc(C2CCN(C(=O)OC(C)(C)C)CC2)c(OC(C)CN2CCCC2)c1. The number of aryl methyl sites for hydroxylation is 1. The van der Waals surface area contributed by atoms with Crippen molar-refractivity contribution in [2.45, 2.75) is 77.9 Å². The van der Waals surface area contributed by atoms with Crippen LogP contribution in [0.25, 0.3) is 0 Å². The number of carbonyl (C=O) groups is 1. The Hall–Kier alpha value is -1.75. The number of piperidine rings is 1. The van der Waals surface area contributed by atoms with Gasteiger partial charge < -0.3 is 14.4 Å². The number of nitrogens with zero attached hydrogens (tertiary/aromatic N) is 2. The van der Waals surface area contributed by atoms with E-state index in [1.807, 2.05) is 25.7 Å². The summed E-state index contributed by atoms with van der Waals surface area (Å²) in [5.74, 6) is 1.44. The first-order valence-electron chi connectivity index (χ1n) is 11.2. The van der Waals surface area contributed by atoms with Gasteiger partial charge in [0.05, 0.1) is 0 Å². The molecule has 5 nitrogen and oxygen atoms in total. The first-order valence-corrected chi connectivity index (χ1v) is 11.2. The smallest absolute Gasteiger partial charge is 0.410 e. The molecule has 29 heavy (non-hydrogen) atoms. The van der Waals surface area contributed by atoms with Gasteiger partial charge in [-0.1, -0.05) is 12.1 Å². The molecule has 0 saturated carbocycles. The minimum absolute atomic E-state index is 0.176. The second-order valence-electron chi connectivity index (χ2n) is 9.72. The molecule has 2 saturated heterocycles. The number of rotatable bonds is 5. The topological polar surface area (TPSA) is 42.0 Å². The number of hydrogen-bond donors (Lipinski definition) is 0. The summed E-state index contributed by atoms with van der Waals surface area (Å²) in [6, 6.07) is 6.57. The highest BCUT2D eigenvalue weighted by Crippen LogP contribution is 2.36. The summed E-state index contributed by atoms with van der Waals surface area (Å²) >= 11 is 0. The molecule has 3 rings (SSSR count). The van der Waals surface area contributed by atoms with E-state index in [9.17, 15) is 4.79 Å². The number of carbonyl (C=O) groups excluding carboxylic acids is 1. The Morgan fingerprint density at radius 3 is 2.41 bits per heavy atom. The first-order chi connectivity index (χ1) is 13.7. The summed E-state index contributed by atoms with van der Waals surface area (Å²) in [6.45, 7) is 14.9. The molecule has 2 aliphatic heterocycles. The van der Waals surface area contributed by atoms with Gasteiger partial charge in [0, 0.05) is 19.6 Å². The van der Waals surface area contributed by atoms with Crippen molar-refractivity contribution in [1.29, 1.82) is 0 Å². The predicted octanol–water partition coefficient (Wildman–Crippen LogP) is 4.97. The second-order valence-corrected chi connectivity index (χ2v) is 9.72. The molecule has 0 N–H and O–H groups in total. The number of hydrogen-bond acceptors (Lipinski definition) is 4. The third-order valence-electron chi connectivity index (χ3n) is 5.80. The van der Waals surface area contributed by atoms with E-state index in [1.165, 1.54) is 37.1 Å². The number of benzene rings is 1. The highest BCUT2D eigenvalue weighted by molar-refractivity contribution is 5.68. The Balaban J connectivity index is 1.61. The zero-order valence-corrected chi connectivity index (χ0v) is 18.9. The van der Waals surface area contributed by atoms with E-state index in [0.29, 0.717) is 5.92 Å². The molecule has 1 unspecified atom stereocenters. The molecule has 2 fully saturated rings. The van der Waals surface area contributed by atoms with E-state index in [1.54, 1.807) is 0 Å². The van der Waals surface area contributed by atoms with E-state index in [4.69, 9.17) is 9.47 Å². The minimum Gasteiger partial charge on any atom is -0.489 e. The number of amides is 1. The van der Waals surface area contributed by atoms with Gasteiger partial charge in [0.15, 0.2) is 0 Å². The molecule has 2 aliphatic rings. The average molecular weight is 403 g/mol. The van der Waals surface area contributed by atoms with Gasteiger partial charge in [-0.25, -0.2) is 4.79 Å². The van der Waals surface area contributed by atoms with Gasteiger partial charge in [-0.2, -0.15) is 0 Å². The number of likely N-dealkylation sites (tertiary alicyclic amines) is 2. The Morgan fingerprint density at radius 2 is 1.79 bits per heavy atom. The van der Waals surface area contributed by atoms with E-state index >= 15 is 0 Å².